The van der Waals surface area contributed by atoms with Crippen molar-refractivity contribution in [2.75, 3.05) is 58.9 Å². The summed E-state index contributed by atoms with van der Waals surface area (Å²) in [4.78, 5) is 8.90. The first-order valence-electron chi connectivity index (χ1n) is 8.96. The predicted molar refractivity (Wildman–Crippen MR) is 117 cm³/mol. The number of rotatable bonds is 7. The molecule has 0 spiro atoms. The van der Waals surface area contributed by atoms with Gasteiger partial charge >= 0.3 is 0 Å². The van der Waals surface area contributed by atoms with Crippen molar-refractivity contribution in [3.63, 3.8) is 0 Å². The maximum atomic E-state index is 5.43. The van der Waals surface area contributed by atoms with Gasteiger partial charge in [0.15, 0.2) is 5.96 Å². The van der Waals surface area contributed by atoms with Crippen molar-refractivity contribution >= 4 is 35.6 Å². The third-order valence-electron chi connectivity index (χ3n) is 4.71. The molecule has 1 saturated heterocycles. The number of hydrogen-bond donors (Lipinski definition) is 1. The number of aliphatic imine (C=N–C) groups is 1. The second kappa shape index (κ2) is 12.4. The number of nitrogens with zero attached hydrogens (tertiary/aromatic N) is 3. The van der Waals surface area contributed by atoms with Gasteiger partial charge in [0.2, 0.25) is 0 Å². The van der Waals surface area contributed by atoms with Gasteiger partial charge in [0, 0.05) is 59.7 Å². The highest BCUT2D eigenvalue weighted by Crippen LogP contribution is 2.18. The molecule has 1 heterocycles. The maximum Gasteiger partial charge on any atom is 0.193 e. The van der Waals surface area contributed by atoms with Crippen LogP contribution in [-0.4, -0.2) is 64.9 Å². The molecule has 0 aromatic heterocycles. The van der Waals surface area contributed by atoms with Gasteiger partial charge in [0.25, 0.3) is 0 Å². The normalized spacial score (nSPS) is 15.4. The average molecular weight is 460 g/mol. The van der Waals surface area contributed by atoms with Crippen LogP contribution in [0.15, 0.2) is 35.3 Å². The van der Waals surface area contributed by atoms with Gasteiger partial charge < -0.3 is 19.9 Å². The molecule has 1 fully saturated rings. The van der Waals surface area contributed by atoms with E-state index in [9.17, 15) is 0 Å². The van der Waals surface area contributed by atoms with E-state index in [0.29, 0.717) is 0 Å². The Morgan fingerprint density at radius 1 is 1.16 bits per heavy atom. The number of anilines is 1. The summed E-state index contributed by atoms with van der Waals surface area (Å²) in [6.07, 6.45) is 3.61. The van der Waals surface area contributed by atoms with E-state index in [-0.39, 0.29) is 24.0 Å². The maximum absolute atomic E-state index is 5.43. The van der Waals surface area contributed by atoms with Crippen LogP contribution < -0.4 is 10.2 Å². The van der Waals surface area contributed by atoms with Gasteiger partial charge in [0.1, 0.15) is 0 Å². The number of hydrogen-bond acceptors (Lipinski definition) is 3. The molecule has 0 radical (unpaired) electrons. The van der Waals surface area contributed by atoms with Crippen LogP contribution in [0.3, 0.4) is 0 Å². The van der Waals surface area contributed by atoms with E-state index < -0.39 is 0 Å². The lowest BCUT2D eigenvalue weighted by molar-refractivity contribution is 0.0625. The zero-order valence-electron chi connectivity index (χ0n) is 15.8. The fourth-order valence-corrected chi connectivity index (χ4v) is 3.05. The first-order chi connectivity index (χ1) is 11.7. The molecule has 0 amide bonds. The zero-order valence-corrected chi connectivity index (χ0v) is 18.1. The molecule has 0 atom stereocenters. The standard InChI is InChI=1S/C19H32N4O.HI/c1-20-19(23(3)13-9-17-10-15-24-16-11-17)21-12-14-22(2)18-7-5-4-6-8-18;/h4-8,17H,9-16H2,1-3H3,(H,20,21);1H. The predicted octanol–water partition coefficient (Wildman–Crippen LogP) is 3.06. The largest absolute Gasteiger partial charge is 0.381 e. The van der Waals surface area contributed by atoms with Crippen LogP contribution in [0.1, 0.15) is 19.3 Å². The van der Waals surface area contributed by atoms with Gasteiger partial charge in [-0.1, -0.05) is 18.2 Å². The lowest BCUT2D eigenvalue weighted by Gasteiger charge is -2.27. The van der Waals surface area contributed by atoms with E-state index in [2.05, 4.69) is 58.5 Å². The highest BCUT2D eigenvalue weighted by atomic mass is 127. The molecule has 0 saturated carbocycles. The average Bonchev–Trinajstić information content (AvgIpc) is 2.64. The third-order valence-corrected chi connectivity index (χ3v) is 4.71. The minimum atomic E-state index is 0. The fraction of sp³-hybridized carbons (Fsp3) is 0.632. The molecular formula is C19H33IN4O. The van der Waals surface area contributed by atoms with Crippen molar-refractivity contribution < 1.29 is 4.74 Å². The zero-order chi connectivity index (χ0) is 17.2. The van der Waals surface area contributed by atoms with E-state index >= 15 is 0 Å². The number of likely N-dealkylation sites (N-methyl/N-ethyl adjacent to an activating group) is 1. The lowest BCUT2D eigenvalue weighted by Crippen LogP contribution is -2.42. The van der Waals surface area contributed by atoms with E-state index in [0.717, 1.165) is 44.7 Å². The molecule has 0 aliphatic carbocycles. The van der Waals surface area contributed by atoms with Gasteiger partial charge in [-0.15, -0.1) is 24.0 Å². The molecule has 1 aliphatic rings. The Morgan fingerprint density at radius 2 is 1.84 bits per heavy atom. The molecule has 25 heavy (non-hydrogen) atoms. The summed E-state index contributed by atoms with van der Waals surface area (Å²) in [5, 5.41) is 3.47. The van der Waals surface area contributed by atoms with Crippen LogP contribution in [0.4, 0.5) is 5.69 Å². The van der Waals surface area contributed by atoms with E-state index in [1.165, 1.54) is 24.9 Å². The summed E-state index contributed by atoms with van der Waals surface area (Å²) in [7, 11) is 6.10. The van der Waals surface area contributed by atoms with E-state index in [4.69, 9.17) is 4.74 Å². The molecule has 1 aliphatic heterocycles. The van der Waals surface area contributed by atoms with Gasteiger partial charge in [-0.3, -0.25) is 4.99 Å². The number of halogens is 1. The van der Waals surface area contributed by atoms with Crippen LogP contribution in [0.2, 0.25) is 0 Å². The monoisotopic (exact) mass is 460 g/mol. The highest BCUT2D eigenvalue weighted by Gasteiger charge is 2.15. The van der Waals surface area contributed by atoms with E-state index in [1.54, 1.807) is 0 Å². The number of ether oxygens (including phenoxy) is 1. The van der Waals surface area contributed by atoms with Gasteiger partial charge in [-0.2, -0.15) is 0 Å². The minimum Gasteiger partial charge on any atom is -0.381 e. The van der Waals surface area contributed by atoms with Crippen LogP contribution in [0, 0.1) is 5.92 Å². The van der Waals surface area contributed by atoms with Gasteiger partial charge in [0.05, 0.1) is 0 Å². The number of benzene rings is 1. The quantitative estimate of drug-likeness (QED) is 0.386. The molecule has 5 nitrogen and oxygen atoms in total. The van der Waals surface area contributed by atoms with Crippen LogP contribution in [0.25, 0.3) is 0 Å². The summed E-state index contributed by atoms with van der Waals surface area (Å²) in [6, 6.07) is 10.5. The first kappa shape index (κ1) is 22.0. The van der Waals surface area contributed by atoms with Crippen molar-refractivity contribution in [3.8, 4) is 0 Å². The summed E-state index contributed by atoms with van der Waals surface area (Å²) < 4.78 is 5.43. The highest BCUT2D eigenvalue weighted by molar-refractivity contribution is 14.0. The Labute approximate surface area is 169 Å². The van der Waals surface area contributed by atoms with Crippen molar-refractivity contribution in [2.24, 2.45) is 10.9 Å². The summed E-state index contributed by atoms with van der Waals surface area (Å²) in [6.45, 7) is 4.70. The van der Waals surface area contributed by atoms with Crippen molar-refractivity contribution in [3.05, 3.63) is 30.3 Å². The van der Waals surface area contributed by atoms with E-state index in [1.807, 2.05) is 13.1 Å². The molecule has 0 unspecified atom stereocenters. The van der Waals surface area contributed by atoms with Gasteiger partial charge in [-0.05, 0) is 37.3 Å². The third kappa shape index (κ3) is 7.81. The molecular weight excluding hydrogens is 427 g/mol. The second-order valence-electron chi connectivity index (χ2n) is 6.50. The Bertz CT molecular complexity index is 491. The number of para-hydroxylation sites is 1. The van der Waals surface area contributed by atoms with Crippen molar-refractivity contribution in [1.29, 1.82) is 0 Å². The fourth-order valence-electron chi connectivity index (χ4n) is 3.05. The molecule has 1 aromatic carbocycles. The van der Waals surface area contributed by atoms with Gasteiger partial charge in [-0.25, -0.2) is 0 Å². The summed E-state index contributed by atoms with van der Waals surface area (Å²) in [5.41, 5.74) is 1.24. The van der Waals surface area contributed by atoms with Crippen molar-refractivity contribution in [1.82, 2.24) is 10.2 Å². The van der Waals surface area contributed by atoms with Crippen LogP contribution >= 0.6 is 24.0 Å². The summed E-state index contributed by atoms with van der Waals surface area (Å²) >= 11 is 0. The Morgan fingerprint density at radius 3 is 2.48 bits per heavy atom. The number of nitrogens with one attached hydrogen (secondary N) is 1. The molecule has 6 heteroatoms. The topological polar surface area (TPSA) is 40.1 Å². The van der Waals surface area contributed by atoms with Crippen molar-refractivity contribution in [2.45, 2.75) is 19.3 Å². The molecule has 2 rings (SSSR count). The summed E-state index contributed by atoms with van der Waals surface area (Å²) in [5.74, 6) is 1.77. The SMILES string of the molecule is CN=C(NCCN(C)c1ccccc1)N(C)CCC1CCOCC1.I. The second-order valence-corrected chi connectivity index (χ2v) is 6.50. The molecule has 1 N–H and O–H groups in total. The van der Waals surface area contributed by atoms with Crippen LogP contribution in [0.5, 0.6) is 0 Å². The molecule has 0 bridgehead atoms. The lowest BCUT2D eigenvalue weighted by atomic mass is 9.96. The Kier molecular flexibility index (Phi) is 10.9. The Balaban J connectivity index is 0.00000312. The molecule has 1 aromatic rings. The minimum absolute atomic E-state index is 0. The molecule has 142 valence electrons. The Hall–Kier alpha value is -1.02. The van der Waals surface area contributed by atoms with Crippen LogP contribution in [-0.2, 0) is 4.74 Å². The first-order valence-corrected chi connectivity index (χ1v) is 8.96. The number of guanidine groups is 1. The smallest absolute Gasteiger partial charge is 0.193 e.